The van der Waals surface area contributed by atoms with Gasteiger partial charge in [0.25, 0.3) is 0 Å². The van der Waals surface area contributed by atoms with Crippen molar-refractivity contribution in [3.05, 3.63) is 75.4 Å². The third-order valence-corrected chi connectivity index (χ3v) is 7.28. The first-order valence-electron chi connectivity index (χ1n) is 10.2. The smallest absolute Gasteiger partial charge is 0.229 e. The molecule has 1 saturated carbocycles. The van der Waals surface area contributed by atoms with Crippen molar-refractivity contribution in [1.29, 1.82) is 5.26 Å². The van der Waals surface area contributed by atoms with Gasteiger partial charge in [-0.3, -0.25) is 4.79 Å². The number of hydrogen-bond donors (Lipinski definition) is 1. The fraction of sp³-hybridized carbons (Fsp3) is 0.333. The van der Waals surface area contributed by atoms with Crippen LogP contribution in [-0.2, 0) is 23.1 Å². The molecule has 0 bridgehead atoms. The van der Waals surface area contributed by atoms with E-state index in [-0.39, 0.29) is 17.2 Å². The monoisotopic (exact) mass is 416 g/mol. The van der Waals surface area contributed by atoms with Gasteiger partial charge in [0.15, 0.2) is 0 Å². The van der Waals surface area contributed by atoms with Gasteiger partial charge in [-0.1, -0.05) is 37.3 Å². The molecule has 5 nitrogen and oxygen atoms in total. The van der Waals surface area contributed by atoms with E-state index in [0.717, 1.165) is 31.4 Å². The van der Waals surface area contributed by atoms with Crippen molar-refractivity contribution in [3.63, 3.8) is 0 Å². The number of carbonyl (C=O) groups is 1. The van der Waals surface area contributed by atoms with Crippen LogP contribution >= 0.6 is 11.3 Å². The summed E-state index contributed by atoms with van der Waals surface area (Å²) >= 11 is 1.79. The van der Waals surface area contributed by atoms with Crippen molar-refractivity contribution in [3.8, 4) is 6.07 Å². The number of thiazole rings is 1. The highest BCUT2D eigenvalue weighted by Gasteiger charge is 2.58. The zero-order chi connectivity index (χ0) is 21.1. The van der Waals surface area contributed by atoms with Gasteiger partial charge in [-0.25, -0.2) is 9.97 Å². The van der Waals surface area contributed by atoms with Gasteiger partial charge >= 0.3 is 0 Å². The van der Waals surface area contributed by atoms with Crippen molar-refractivity contribution in [1.82, 2.24) is 9.97 Å². The van der Waals surface area contributed by atoms with Gasteiger partial charge in [0.05, 0.1) is 16.3 Å². The maximum Gasteiger partial charge on any atom is 0.229 e. The van der Waals surface area contributed by atoms with Crippen molar-refractivity contribution in [2.45, 2.75) is 44.9 Å². The zero-order valence-electron chi connectivity index (χ0n) is 17.2. The van der Waals surface area contributed by atoms with Gasteiger partial charge in [0, 0.05) is 22.4 Å². The number of hydrogen-bond acceptors (Lipinski definition) is 5. The predicted molar refractivity (Wildman–Crippen MR) is 118 cm³/mol. The lowest BCUT2D eigenvalue weighted by atomic mass is 9.88. The summed E-state index contributed by atoms with van der Waals surface area (Å²) in [5, 5.41) is 13.0. The van der Waals surface area contributed by atoms with Crippen molar-refractivity contribution < 1.29 is 4.79 Å². The number of nitrogens with one attached hydrogen (secondary N) is 1. The number of nitrogens with zero attached hydrogens (tertiary/aromatic N) is 3. The third-order valence-electron chi connectivity index (χ3n) is 5.92. The summed E-state index contributed by atoms with van der Waals surface area (Å²) in [5.74, 6) is 0.390. The summed E-state index contributed by atoms with van der Waals surface area (Å²) in [4.78, 5) is 23.2. The summed E-state index contributed by atoms with van der Waals surface area (Å²) in [5.41, 5.74) is 2.66. The fourth-order valence-corrected chi connectivity index (χ4v) is 5.12. The van der Waals surface area contributed by atoms with Gasteiger partial charge in [-0.05, 0) is 50.3 Å². The molecule has 0 spiro atoms. The Morgan fingerprint density at radius 3 is 2.73 bits per heavy atom. The number of pyridine rings is 1. The molecule has 1 aliphatic carbocycles. The van der Waals surface area contributed by atoms with E-state index in [4.69, 9.17) is 5.26 Å². The Hall–Kier alpha value is -3.04. The molecule has 1 aliphatic rings. The van der Waals surface area contributed by atoms with Crippen LogP contribution in [0.4, 0.5) is 5.82 Å². The summed E-state index contributed by atoms with van der Waals surface area (Å²) < 4.78 is 0. The van der Waals surface area contributed by atoms with E-state index in [0.29, 0.717) is 11.4 Å². The van der Waals surface area contributed by atoms with Crippen LogP contribution in [0.3, 0.4) is 0 Å². The second kappa shape index (κ2) is 8.37. The first-order valence-corrected chi connectivity index (χ1v) is 11.0. The number of rotatable bonds is 7. The van der Waals surface area contributed by atoms with Gasteiger partial charge in [-0.2, -0.15) is 5.26 Å². The standard InChI is InChI=1S/C24H24N4OS/c1-3-22-27-16(2)20(30-22)11-12-24(18-7-5-4-6-8-18)13-19(24)23(29)28-21-10-9-17(14-25)15-26-21/h4-10,15,19H,3,11-13H2,1-2H3,(H,26,28,29). The highest BCUT2D eigenvalue weighted by atomic mass is 32.1. The molecule has 3 aromatic rings. The molecule has 1 N–H and O–H groups in total. The second-order valence-corrected chi connectivity index (χ2v) is 8.95. The van der Waals surface area contributed by atoms with Crippen LogP contribution in [0.2, 0.25) is 0 Å². The lowest BCUT2D eigenvalue weighted by Crippen LogP contribution is -2.22. The quantitative estimate of drug-likeness (QED) is 0.599. The molecule has 30 heavy (non-hydrogen) atoms. The molecule has 1 fully saturated rings. The lowest BCUT2D eigenvalue weighted by Gasteiger charge is -2.18. The Bertz CT molecular complexity index is 1080. The van der Waals surface area contributed by atoms with Crippen LogP contribution in [0, 0.1) is 24.2 Å². The highest BCUT2D eigenvalue weighted by Crippen LogP contribution is 2.57. The van der Waals surface area contributed by atoms with Gasteiger partial charge in [0.2, 0.25) is 5.91 Å². The van der Waals surface area contributed by atoms with E-state index >= 15 is 0 Å². The zero-order valence-corrected chi connectivity index (χ0v) is 18.0. The molecule has 6 heteroatoms. The average molecular weight is 417 g/mol. The first-order chi connectivity index (χ1) is 14.6. The first kappa shape index (κ1) is 20.2. The molecule has 2 heterocycles. The largest absolute Gasteiger partial charge is 0.310 e. The summed E-state index contributed by atoms with van der Waals surface area (Å²) in [6, 6.07) is 15.7. The molecule has 2 atom stereocenters. The second-order valence-electron chi connectivity index (χ2n) is 7.78. The molecular weight excluding hydrogens is 392 g/mol. The van der Waals surface area contributed by atoms with Gasteiger partial charge < -0.3 is 5.32 Å². The van der Waals surface area contributed by atoms with E-state index < -0.39 is 0 Å². The summed E-state index contributed by atoms with van der Waals surface area (Å²) in [7, 11) is 0. The highest BCUT2D eigenvalue weighted by molar-refractivity contribution is 7.11. The summed E-state index contributed by atoms with van der Waals surface area (Å²) in [6.07, 6.45) is 5.11. The predicted octanol–water partition coefficient (Wildman–Crippen LogP) is 4.81. The van der Waals surface area contributed by atoms with Crippen LogP contribution in [0.1, 0.15) is 46.5 Å². The number of carbonyl (C=O) groups excluding carboxylic acids is 1. The number of aromatic nitrogens is 2. The molecule has 0 saturated heterocycles. The van der Waals surface area contributed by atoms with Crippen molar-refractivity contribution >= 4 is 23.1 Å². The van der Waals surface area contributed by atoms with E-state index in [1.165, 1.54) is 21.6 Å². The number of nitriles is 1. The molecule has 0 radical (unpaired) electrons. The van der Waals surface area contributed by atoms with Crippen LogP contribution in [0.5, 0.6) is 0 Å². The van der Waals surface area contributed by atoms with Crippen LogP contribution in [0.25, 0.3) is 0 Å². The Balaban J connectivity index is 1.52. The molecule has 1 aromatic carbocycles. The Kier molecular flexibility index (Phi) is 5.65. The normalized spacial score (nSPS) is 19.8. The fourth-order valence-electron chi connectivity index (χ4n) is 4.11. The van der Waals surface area contributed by atoms with E-state index in [1.54, 1.807) is 23.5 Å². The van der Waals surface area contributed by atoms with Crippen molar-refractivity contribution in [2.75, 3.05) is 5.32 Å². The molecule has 0 aliphatic heterocycles. The van der Waals surface area contributed by atoms with Crippen molar-refractivity contribution in [2.24, 2.45) is 5.92 Å². The minimum atomic E-state index is -0.152. The summed E-state index contributed by atoms with van der Waals surface area (Å²) in [6.45, 7) is 4.21. The Labute approximate surface area is 180 Å². The van der Waals surface area contributed by atoms with E-state index in [2.05, 4.69) is 41.3 Å². The minimum Gasteiger partial charge on any atom is -0.310 e. The lowest BCUT2D eigenvalue weighted by molar-refractivity contribution is -0.117. The average Bonchev–Trinajstić information content (AvgIpc) is 3.42. The number of amides is 1. The molecular formula is C24H24N4OS. The Morgan fingerprint density at radius 1 is 1.30 bits per heavy atom. The minimum absolute atomic E-state index is 0.00802. The molecule has 2 aromatic heterocycles. The molecule has 4 rings (SSSR count). The Morgan fingerprint density at radius 2 is 2.10 bits per heavy atom. The van der Waals surface area contributed by atoms with Crippen LogP contribution in [-0.4, -0.2) is 15.9 Å². The number of benzene rings is 1. The third kappa shape index (κ3) is 3.99. The number of anilines is 1. The molecule has 1 amide bonds. The van der Waals surface area contributed by atoms with Gasteiger partial charge in [0.1, 0.15) is 11.9 Å². The maximum absolute atomic E-state index is 13.0. The number of aryl methyl sites for hydroxylation is 3. The molecule has 2 unspecified atom stereocenters. The van der Waals surface area contributed by atoms with Crippen LogP contribution < -0.4 is 5.32 Å². The van der Waals surface area contributed by atoms with Gasteiger partial charge in [-0.15, -0.1) is 11.3 Å². The SMILES string of the molecule is CCc1nc(C)c(CCC2(c3ccccc3)CC2C(=O)Nc2ccc(C#N)cn2)s1. The van der Waals surface area contributed by atoms with E-state index in [1.807, 2.05) is 24.3 Å². The van der Waals surface area contributed by atoms with E-state index in [9.17, 15) is 4.79 Å². The van der Waals surface area contributed by atoms with Crippen LogP contribution in [0.15, 0.2) is 48.7 Å². The topological polar surface area (TPSA) is 78.7 Å². The molecule has 152 valence electrons. The maximum atomic E-state index is 13.0.